The minimum Gasteiger partial charge on any atom is -0.352 e. The van der Waals surface area contributed by atoms with Gasteiger partial charge in [-0.05, 0) is 31.0 Å². The minimum atomic E-state index is -0.364. The fourth-order valence-electron chi connectivity index (χ4n) is 2.71. The molecule has 0 bridgehead atoms. The SMILES string of the molecule is CCCc1noc(CCC(=O)NCc2ccc(-n3ccnc3C)c(F)c2)n1. The number of carbonyl (C=O) groups is 1. The highest BCUT2D eigenvalue weighted by Gasteiger charge is 2.11. The van der Waals surface area contributed by atoms with E-state index >= 15 is 0 Å². The number of aryl methyl sites for hydroxylation is 3. The van der Waals surface area contributed by atoms with Crippen LogP contribution in [-0.4, -0.2) is 25.6 Å². The van der Waals surface area contributed by atoms with E-state index in [9.17, 15) is 9.18 Å². The molecule has 0 radical (unpaired) electrons. The molecule has 0 saturated carbocycles. The lowest BCUT2D eigenvalue weighted by atomic mass is 10.2. The second kappa shape index (κ2) is 8.57. The highest BCUT2D eigenvalue weighted by molar-refractivity contribution is 5.76. The standard InChI is InChI=1S/C19H22FN5O2/c1-3-4-17-23-19(27-24-17)8-7-18(26)22-12-14-5-6-16(15(20)11-14)25-10-9-21-13(25)2/h5-6,9-11H,3-4,7-8,12H2,1-2H3,(H,22,26). The molecule has 1 N–H and O–H groups in total. The van der Waals surface area contributed by atoms with Gasteiger partial charge in [0.2, 0.25) is 11.8 Å². The first-order valence-electron chi connectivity index (χ1n) is 8.93. The van der Waals surface area contributed by atoms with Gasteiger partial charge >= 0.3 is 0 Å². The Morgan fingerprint density at radius 1 is 1.33 bits per heavy atom. The Kier molecular flexibility index (Phi) is 5.95. The van der Waals surface area contributed by atoms with E-state index < -0.39 is 0 Å². The van der Waals surface area contributed by atoms with Crippen LogP contribution in [0.5, 0.6) is 0 Å². The van der Waals surface area contributed by atoms with Gasteiger partial charge in [-0.2, -0.15) is 4.98 Å². The van der Waals surface area contributed by atoms with E-state index in [0.717, 1.165) is 12.8 Å². The van der Waals surface area contributed by atoms with E-state index in [1.54, 1.807) is 29.1 Å². The third-order valence-corrected chi connectivity index (χ3v) is 4.14. The van der Waals surface area contributed by atoms with E-state index in [-0.39, 0.29) is 24.7 Å². The second-order valence-corrected chi connectivity index (χ2v) is 6.26. The fraction of sp³-hybridized carbons (Fsp3) is 0.368. The fourth-order valence-corrected chi connectivity index (χ4v) is 2.71. The molecule has 0 aliphatic heterocycles. The van der Waals surface area contributed by atoms with E-state index in [2.05, 4.69) is 20.4 Å². The zero-order valence-electron chi connectivity index (χ0n) is 15.4. The van der Waals surface area contributed by atoms with Crippen LogP contribution in [0.15, 0.2) is 35.1 Å². The first-order valence-corrected chi connectivity index (χ1v) is 8.93. The Hall–Kier alpha value is -3.03. The number of nitrogens with zero attached hydrogens (tertiary/aromatic N) is 4. The lowest BCUT2D eigenvalue weighted by Gasteiger charge is -2.09. The molecule has 142 valence electrons. The molecule has 1 amide bonds. The maximum atomic E-state index is 14.4. The van der Waals surface area contributed by atoms with Crippen molar-refractivity contribution in [3.8, 4) is 5.69 Å². The zero-order chi connectivity index (χ0) is 19.2. The highest BCUT2D eigenvalue weighted by atomic mass is 19.1. The van der Waals surface area contributed by atoms with Crippen LogP contribution >= 0.6 is 0 Å². The lowest BCUT2D eigenvalue weighted by Crippen LogP contribution is -2.23. The van der Waals surface area contributed by atoms with E-state index in [1.807, 2.05) is 13.8 Å². The number of hydrogen-bond acceptors (Lipinski definition) is 5. The van der Waals surface area contributed by atoms with Gasteiger partial charge in [-0.15, -0.1) is 0 Å². The van der Waals surface area contributed by atoms with Gasteiger partial charge in [0.25, 0.3) is 0 Å². The van der Waals surface area contributed by atoms with Crippen molar-refractivity contribution in [2.75, 3.05) is 0 Å². The molecular weight excluding hydrogens is 349 g/mol. The van der Waals surface area contributed by atoms with Gasteiger partial charge in [0.05, 0.1) is 5.69 Å². The summed E-state index contributed by atoms with van der Waals surface area (Å²) in [7, 11) is 0. The molecule has 0 aliphatic carbocycles. The van der Waals surface area contributed by atoms with Crippen molar-refractivity contribution in [1.29, 1.82) is 0 Å². The predicted octanol–water partition coefficient (Wildman–Crippen LogP) is 2.90. The maximum absolute atomic E-state index is 14.4. The molecule has 7 nitrogen and oxygen atoms in total. The summed E-state index contributed by atoms with van der Waals surface area (Å²) in [6.45, 7) is 4.10. The third kappa shape index (κ3) is 4.78. The zero-order valence-corrected chi connectivity index (χ0v) is 15.4. The lowest BCUT2D eigenvalue weighted by molar-refractivity contribution is -0.121. The first kappa shape index (κ1) is 18.8. The van der Waals surface area contributed by atoms with Gasteiger partial charge in [-0.25, -0.2) is 9.37 Å². The van der Waals surface area contributed by atoms with Gasteiger partial charge in [0.1, 0.15) is 11.6 Å². The van der Waals surface area contributed by atoms with Crippen molar-refractivity contribution < 1.29 is 13.7 Å². The second-order valence-electron chi connectivity index (χ2n) is 6.26. The number of benzene rings is 1. The number of halogens is 1. The average Bonchev–Trinajstić information content (AvgIpc) is 3.27. The van der Waals surface area contributed by atoms with Crippen LogP contribution in [0.2, 0.25) is 0 Å². The number of carbonyl (C=O) groups excluding carboxylic acids is 1. The molecule has 3 aromatic rings. The molecule has 0 atom stereocenters. The molecule has 2 aromatic heterocycles. The Labute approximate surface area is 156 Å². The number of hydrogen-bond donors (Lipinski definition) is 1. The van der Waals surface area contributed by atoms with Crippen molar-refractivity contribution in [3.05, 3.63) is 59.5 Å². The number of imidazole rings is 1. The number of aromatic nitrogens is 4. The third-order valence-electron chi connectivity index (χ3n) is 4.14. The van der Waals surface area contributed by atoms with Crippen molar-refractivity contribution in [3.63, 3.8) is 0 Å². The summed E-state index contributed by atoms with van der Waals surface area (Å²) in [5, 5.41) is 6.64. The molecule has 0 fully saturated rings. The van der Waals surface area contributed by atoms with E-state index in [1.165, 1.54) is 6.07 Å². The molecule has 0 aliphatic rings. The Balaban J connectivity index is 1.51. The van der Waals surface area contributed by atoms with Crippen LogP contribution in [0.4, 0.5) is 4.39 Å². The van der Waals surface area contributed by atoms with E-state index in [4.69, 9.17) is 4.52 Å². The molecular formula is C19H22FN5O2. The van der Waals surface area contributed by atoms with Crippen molar-refractivity contribution in [2.45, 2.75) is 46.1 Å². The summed E-state index contributed by atoms with van der Waals surface area (Å²) in [5.41, 5.74) is 1.12. The van der Waals surface area contributed by atoms with Crippen LogP contribution in [0.25, 0.3) is 5.69 Å². The summed E-state index contributed by atoms with van der Waals surface area (Å²) in [6.07, 6.45) is 5.65. The molecule has 0 spiro atoms. The summed E-state index contributed by atoms with van der Waals surface area (Å²) in [4.78, 5) is 20.3. The number of nitrogens with one attached hydrogen (secondary N) is 1. The van der Waals surface area contributed by atoms with Crippen molar-refractivity contribution in [2.24, 2.45) is 0 Å². The molecule has 8 heteroatoms. The van der Waals surface area contributed by atoms with Crippen LogP contribution in [0.1, 0.15) is 42.9 Å². The Morgan fingerprint density at radius 2 is 2.19 bits per heavy atom. The molecule has 0 saturated heterocycles. The smallest absolute Gasteiger partial charge is 0.227 e. The monoisotopic (exact) mass is 371 g/mol. The van der Waals surface area contributed by atoms with Crippen molar-refractivity contribution >= 4 is 5.91 Å². The normalized spacial score (nSPS) is 10.9. The van der Waals surface area contributed by atoms with Crippen LogP contribution in [0.3, 0.4) is 0 Å². The van der Waals surface area contributed by atoms with Crippen molar-refractivity contribution in [1.82, 2.24) is 25.0 Å². The van der Waals surface area contributed by atoms with Gasteiger partial charge in [-0.1, -0.05) is 18.1 Å². The van der Waals surface area contributed by atoms with Crippen LogP contribution < -0.4 is 5.32 Å². The molecule has 2 heterocycles. The number of rotatable bonds is 8. The Bertz CT molecular complexity index is 918. The van der Waals surface area contributed by atoms with Gasteiger partial charge in [0.15, 0.2) is 5.82 Å². The molecule has 3 rings (SSSR count). The summed E-state index contributed by atoms with van der Waals surface area (Å²) in [5.74, 6) is 1.31. The van der Waals surface area contributed by atoms with Crippen LogP contribution in [-0.2, 0) is 24.2 Å². The molecule has 27 heavy (non-hydrogen) atoms. The van der Waals surface area contributed by atoms with Gasteiger partial charge < -0.3 is 14.4 Å². The quantitative estimate of drug-likeness (QED) is 0.658. The summed E-state index contributed by atoms with van der Waals surface area (Å²) >= 11 is 0. The molecule has 1 aromatic carbocycles. The Morgan fingerprint density at radius 3 is 2.89 bits per heavy atom. The predicted molar refractivity (Wildman–Crippen MR) is 96.7 cm³/mol. The molecule has 0 unspecified atom stereocenters. The topological polar surface area (TPSA) is 85.8 Å². The highest BCUT2D eigenvalue weighted by Crippen LogP contribution is 2.16. The minimum absolute atomic E-state index is 0.153. The number of amides is 1. The van der Waals surface area contributed by atoms with Crippen LogP contribution in [0, 0.1) is 12.7 Å². The maximum Gasteiger partial charge on any atom is 0.227 e. The van der Waals surface area contributed by atoms with E-state index in [0.29, 0.717) is 35.2 Å². The largest absolute Gasteiger partial charge is 0.352 e. The first-order chi connectivity index (χ1) is 13.1. The summed E-state index contributed by atoms with van der Waals surface area (Å²) in [6, 6.07) is 4.89. The van der Waals surface area contributed by atoms with Gasteiger partial charge in [0, 0.05) is 38.2 Å². The average molecular weight is 371 g/mol. The summed E-state index contributed by atoms with van der Waals surface area (Å²) < 4.78 is 21.1. The van der Waals surface area contributed by atoms with Gasteiger partial charge in [-0.3, -0.25) is 4.79 Å².